The lowest BCUT2D eigenvalue weighted by Gasteiger charge is -2.11. The second kappa shape index (κ2) is 10.3. The fourth-order valence-corrected chi connectivity index (χ4v) is 3.06. The maximum absolute atomic E-state index is 12.4. The molecule has 32 heavy (non-hydrogen) atoms. The summed E-state index contributed by atoms with van der Waals surface area (Å²) in [5.74, 6) is -0.166. The van der Waals surface area contributed by atoms with E-state index in [1.165, 1.54) is 26.4 Å². The molecule has 164 valence electrons. The summed E-state index contributed by atoms with van der Waals surface area (Å²) in [6.45, 7) is 0. The Kier molecular flexibility index (Phi) is 7.25. The Morgan fingerprint density at radius 2 is 1.62 bits per heavy atom. The van der Waals surface area contributed by atoms with Crippen molar-refractivity contribution in [3.8, 4) is 17.2 Å². The van der Waals surface area contributed by atoms with Crippen LogP contribution < -0.4 is 25.6 Å². The number of carbonyl (C=O) groups is 2. The fourth-order valence-electron chi connectivity index (χ4n) is 2.90. The summed E-state index contributed by atoms with van der Waals surface area (Å²) in [6, 6.07) is 15.6. The van der Waals surface area contributed by atoms with Gasteiger partial charge in [-0.15, -0.1) is 0 Å². The second-order valence-electron chi connectivity index (χ2n) is 6.56. The average Bonchev–Trinajstić information content (AvgIpc) is 2.80. The van der Waals surface area contributed by atoms with Gasteiger partial charge >= 0.3 is 0 Å². The number of aromatic hydroxyl groups is 1. The largest absolute Gasteiger partial charge is 0.507 e. The number of carbonyl (C=O) groups excluding carboxylic acids is 2. The van der Waals surface area contributed by atoms with Crippen molar-refractivity contribution in [1.29, 1.82) is 0 Å². The molecule has 0 heterocycles. The number of amides is 2. The Morgan fingerprint density at radius 1 is 0.938 bits per heavy atom. The Bertz CT molecular complexity index is 1210. The van der Waals surface area contributed by atoms with E-state index in [1.54, 1.807) is 30.3 Å². The van der Waals surface area contributed by atoms with Gasteiger partial charge in [-0.3, -0.25) is 25.8 Å². The van der Waals surface area contributed by atoms with Crippen LogP contribution in [0.25, 0.3) is 16.8 Å². The van der Waals surface area contributed by atoms with Crippen molar-refractivity contribution in [3.63, 3.8) is 0 Å². The molecule has 9 heteroatoms. The van der Waals surface area contributed by atoms with Crippen LogP contribution in [0.5, 0.6) is 17.2 Å². The highest BCUT2D eigenvalue weighted by molar-refractivity contribution is 7.80. The third kappa shape index (κ3) is 5.52. The van der Waals surface area contributed by atoms with Gasteiger partial charge in [0.2, 0.25) is 5.91 Å². The number of phenols is 1. The monoisotopic (exact) mass is 451 g/mol. The smallest absolute Gasteiger partial charge is 0.273 e. The topological polar surface area (TPSA) is 109 Å². The first kappa shape index (κ1) is 22.6. The maximum atomic E-state index is 12.4. The van der Waals surface area contributed by atoms with E-state index in [1.807, 2.05) is 24.3 Å². The molecule has 0 aromatic heterocycles. The van der Waals surface area contributed by atoms with Gasteiger partial charge in [0.05, 0.1) is 19.8 Å². The van der Waals surface area contributed by atoms with Crippen LogP contribution in [0, 0.1) is 0 Å². The van der Waals surface area contributed by atoms with Gasteiger partial charge in [0.15, 0.2) is 16.6 Å². The molecule has 4 N–H and O–H groups in total. The number of hydrogen-bond acceptors (Lipinski definition) is 6. The maximum Gasteiger partial charge on any atom is 0.273 e. The van der Waals surface area contributed by atoms with E-state index < -0.39 is 11.8 Å². The average molecular weight is 452 g/mol. The summed E-state index contributed by atoms with van der Waals surface area (Å²) in [5.41, 5.74) is 5.58. The number of hydrogen-bond donors (Lipinski definition) is 4. The SMILES string of the molecule is COc1ccc(/C=C/C(=O)NC(=S)NNC(=O)c2cc3ccccc3cc2O)cc1OC. The minimum Gasteiger partial charge on any atom is -0.507 e. The number of thiocarbonyl (C=S) groups is 1. The molecule has 0 unspecified atom stereocenters. The van der Waals surface area contributed by atoms with E-state index in [4.69, 9.17) is 21.7 Å². The predicted molar refractivity (Wildman–Crippen MR) is 126 cm³/mol. The molecule has 0 fully saturated rings. The van der Waals surface area contributed by atoms with E-state index in [2.05, 4.69) is 16.2 Å². The minimum absolute atomic E-state index is 0.0682. The second-order valence-corrected chi connectivity index (χ2v) is 6.97. The van der Waals surface area contributed by atoms with Gasteiger partial charge < -0.3 is 14.6 Å². The summed E-state index contributed by atoms with van der Waals surface area (Å²) < 4.78 is 10.4. The van der Waals surface area contributed by atoms with Gasteiger partial charge in [-0.1, -0.05) is 30.3 Å². The number of phenolic OH excluding ortho intramolecular Hbond substituents is 1. The molecule has 0 atom stereocenters. The highest BCUT2D eigenvalue weighted by atomic mass is 32.1. The summed E-state index contributed by atoms with van der Waals surface area (Å²) in [5, 5.41) is 14.0. The number of ether oxygens (including phenoxy) is 2. The van der Waals surface area contributed by atoms with Crippen molar-refractivity contribution < 1.29 is 24.2 Å². The molecule has 0 bridgehead atoms. The molecule has 0 spiro atoms. The predicted octanol–water partition coefficient (Wildman–Crippen LogP) is 2.91. The van der Waals surface area contributed by atoms with Crippen molar-refractivity contribution in [1.82, 2.24) is 16.2 Å². The van der Waals surface area contributed by atoms with E-state index in [0.717, 1.165) is 16.3 Å². The third-order valence-electron chi connectivity index (χ3n) is 4.47. The van der Waals surface area contributed by atoms with Crippen molar-refractivity contribution in [2.45, 2.75) is 0 Å². The van der Waals surface area contributed by atoms with Crippen LogP contribution in [-0.4, -0.2) is 36.3 Å². The lowest BCUT2D eigenvalue weighted by Crippen LogP contribution is -2.48. The molecule has 0 aliphatic heterocycles. The summed E-state index contributed by atoms with van der Waals surface area (Å²) >= 11 is 5.02. The van der Waals surface area contributed by atoms with Gasteiger partial charge in [-0.25, -0.2) is 0 Å². The van der Waals surface area contributed by atoms with E-state index in [9.17, 15) is 14.7 Å². The molecule has 0 saturated heterocycles. The quantitative estimate of drug-likeness (QED) is 0.268. The summed E-state index contributed by atoms with van der Waals surface area (Å²) in [4.78, 5) is 24.5. The molecule has 3 rings (SSSR count). The Hall–Kier alpha value is -4.11. The van der Waals surface area contributed by atoms with Crippen molar-refractivity contribution in [2.24, 2.45) is 0 Å². The van der Waals surface area contributed by atoms with Crippen LogP contribution in [0.4, 0.5) is 0 Å². The van der Waals surface area contributed by atoms with Crippen molar-refractivity contribution >= 4 is 46.0 Å². The van der Waals surface area contributed by atoms with E-state index in [-0.39, 0.29) is 16.4 Å². The number of methoxy groups -OCH3 is 2. The lowest BCUT2D eigenvalue weighted by atomic mass is 10.1. The third-order valence-corrected chi connectivity index (χ3v) is 4.67. The van der Waals surface area contributed by atoms with Crippen LogP contribution >= 0.6 is 12.2 Å². The molecule has 0 aliphatic carbocycles. The molecule has 0 saturated carbocycles. The zero-order chi connectivity index (χ0) is 23.1. The molecule has 3 aromatic rings. The van der Waals surface area contributed by atoms with E-state index >= 15 is 0 Å². The number of fused-ring (bicyclic) bond motifs is 1. The number of benzene rings is 3. The van der Waals surface area contributed by atoms with Gasteiger partial charge in [0.25, 0.3) is 5.91 Å². The number of nitrogens with one attached hydrogen (secondary N) is 3. The molecule has 3 aromatic carbocycles. The molecule has 0 aliphatic rings. The Morgan fingerprint density at radius 3 is 2.31 bits per heavy atom. The van der Waals surface area contributed by atoms with Crippen LogP contribution in [0.2, 0.25) is 0 Å². The summed E-state index contributed by atoms with van der Waals surface area (Å²) in [6.07, 6.45) is 2.86. The van der Waals surface area contributed by atoms with E-state index in [0.29, 0.717) is 11.5 Å². The first-order valence-electron chi connectivity index (χ1n) is 9.44. The van der Waals surface area contributed by atoms with Gasteiger partial charge in [0, 0.05) is 6.08 Å². The molecule has 0 radical (unpaired) electrons. The summed E-state index contributed by atoms with van der Waals surface area (Å²) in [7, 11) is 3.06. The van der Waals surface area contributed by atoms with Crippen LogP contribution in [0.15, 0.2) is 60.7 Å². The first-order chi connectivity index (χ1) is 15.4. The lowest BCUT2D eigenvalue weighted by molar-refractivity contribution is -0.115. The number of hydrazine groups is 1. The zero-order valence-electron chi connectivity index (χ0n) is 17.3. The van der Waals surface area contributed by atoms with Gasteiger partial charge in [-0.05, 0) is 58.9 Å². The number of rotatable bonds is 5. The normalized spacial score (nSPS) is 10.6. The molecule has 8 nitrogen and oxygen atoms in total. The van der Waals surface area contributed by atoms with Gasteiger partial charge in [-0.2, -0.15) is 0 Å². The zero-order valence-corrected chi connectivity index (χ0v) is 18.2. The van der Waals surface area contributed by atoms with Crippen molar-refractivity contribution in [3.05, 3.63) is 71.8 Å². The Labute approximate surface area is 189 Å². The Balaban J connectivity index is 1.55. The highest BCUT2D eigenvalue weighted by Gasteiger charge is 2.13. The standard InChI is InChI=1S/C23H21N3O5S/c1-30-19-9-7-14(11-20(19)31-2)8-10-21(28)24-23(32)26-25-22(29)17-12-15-5-3-4-6-16(15)13-18(17)27/h3-13,27H,1-2H3,(H,25,29)(H2,24,26,28,32)/b10-8+. The fraction of sp³-hybridized carbons (Fsp3) is 0.0870. The highest BCUT2D eigenvalue weighted by Crippen LogP contribution is 2.28. The van der Waals surface area contributed by atoms with Crippen LogP contribution in [0.1, 0.15) is 15.9 Å². The van der Waals surface area contributed by atoms with Gasteiger partial charge in [0.1, 0.15) is 5.75 Å². The molecule has 2 amide bonds. The van der Waals surface area contributed by atoms with Crippen molar-refractivity contribution in [2.75, 3.05) is 14.2 Å². The molecular formula is C23H21N3O5S. The van der Waals surface area contributed by atoms with Crippen LogP contribution in [-0.2, 0) is 4.79 Å². The molecular weight excluding hydrogens is 430 g/mol. The minimum atomic E-state index is -0.606. The first-order valence-corrected chi connectivity index (χ1v) is 9.85. The van der Waals surface area contributed by atoms with Crippen LogP contribution in [0.3, 0.4) is 0 Å².